The zero-order valence-electron chi connectivity index (χ0n) is 16.0. The van der Waals surface area contributed by atoms with Crippen LogP contribution in [0, 0.1) is 6.92 Å². The highest BCUT2D eigenvalue weighted by Crippen LogP contribution is 2.23. The van der Waals surface area contributed by atoms with Crippen LogP contribution in [0.5, 0.6) is 0 Å². The van der Waals surface area contributed by atoms with Crippen molar-refractivity contribution < 1.29 is 9.53 Å². The van der Waals surface area contributed by atoms with E-state index in [0.717, 1.165) is 50.2 Å². The molecule has 1 saturated carbocycles. The molecule has 0 unspecified atom stereocenters. The van der Waals surface area contributed by atoms with Crippen LogP contribution in [0.25, 0.3) is 5.65 Å². The largest absolute Gasteiger partial charge is 0.378 e. The second kappa shape index (κ2) is 8.54. The van der Waals surface area contributed by atoms with Gasteiger partial charge in [-0.25, -0.2) is 4.98 Å². The number of fused-ring (bicyclic) bond motifs is 1. The molecular weight excluding hydrogens is 328 g/mol. The summed E-state index contributed by atoms with van der Waals surface area (Å²) in [5.74, 6) is 0.732. The van der Waals surface area contributed by atoms with Crippen LogP contribution in [0.15, 0.2) is 18.3 Å². The lowest BCUT2D eigenvalue weighted by atomic mass is 9.92. The Balaban J connectivity index is 1.61. The molecule has 142 valence electrons. The molecule has 2 aromatic rings. The van der Waals surface area contributed by atoms with Crippen LogP contribution >= 0.6 is 0 Å². The first-order valence-electron chi connectivity index (χ1n) is 9.71. The Hall–Kier alpha value is -2.08. The maximum absolute atomic E-state index is 12.8. The Labute approximate surface area is 155 Å². The number of aryl methyl sites for hydroxylation is 1. The third-order valence-corrected chi connectivity index (χ3v) is 5.17. The summed E-state index contributed by atoms with van der Waals surface area (Å²) >= 11 is 0. The van der Waals surface area contributed by atoms with Crippen LogP contribution < -0.4 is 10.6 Å². The molecule has 6 nitrogen and oxygen atoms in total. The Kier molecular flexibility index (Phi) is 6.14. The van der Waals surface area contributed by atoms with Gasteiger partial charge in [-0.15, -0.1) is 0 Å². The predicted octanol–water partition coefficient (Wildman–Crippen LogP) is 3.54. The Morgan fingerprint density at radius 1 is 1.35 bits per heavy atom. The lowest BCUT2D eigenvalue weighted by Crippen LogP contribution is -2.39. The van der Waals surface area contributed by atoms with Gasteiger partial charge in [0, 0.05) is 37.7 Å². The van der Waals surface area contributed by atoms with Crippen molar-refractivity contribution in [2.75, 3.05) is 19.0 Å². The Morgan fingerprint density at radius 2 is 2.12 bits per heavy atom. The Bertz CT molecular complexity index is 748. The topological polar surface area (TPSA) is 67.7 Å². The molecule has 2 N–H and O–H groups in total. The number of ether oxygens (including phenoxy) is 1. The van der Waals surface area contributed by atoms with Crippen LogP contribution in [0.2, 0.25) is 0 Å². The molecule has 0 aromatic carbocycles. The van der Waals surface area contributed by atoms with Gasteiger partial charge in [0.2, 0.25) is 0 Å². The van der Waals surface area contributed by atoms with Crippen LogP contribution in [0.3, 0.4) is 0 Å². The molecule has 0 saturated heterocycles. The van der Waals surface area contributed by atoms with Crippen molar-refractivity contribution >= 4 is 17.4 Å². The van der Waals surface area contributed by atoms with Crippen molar-refractivity contribution in [3.05, 3.63) is 29.6 Å². The maximum atomic E-state index is 12.8. The molecule has 0 radical (unpaired) electrons. The molecule has 1 aliphatic carbocycles. The smallest absolute Gasteiger partial charge is 0.255 e. The van der Waals surface area contributed by atoms with Crippen molar-refractivity contribution in [3.63, 3.8) is 0 Å². The van der Waals surface area contributed by atoms with Gasteiger partial charge in [0.15, 0.2) is 5.65 Å². The van der Waals surface area contributed by atoms with Crippen molar-refractivity contribution in [3.8, 4) is 0 Å². The van der Waals surface area contributed by atoms with E-state index >= 15 is 0 Å². The van der Waals surface area contributed by atoms with E-state index in [9.17, 15) is 4.79 Å². The fourth-order valence-electron chi connectivity index (χ4n) is 3.57. The summed E-state index contributed by atoms with van der Waals surface area (Å²) in [5, 5.41) is 6.24. The third kappa shape index (κ3) is 4.18. The van der Waals surface area contributed by atoms with Gasteiger partial charge in [0.25, 0.3) is 5.91 Å². The second-order valence-electron chi connectivity index (χ2n) is 7.13. The van der Waals surface area contributed by atoms with E-state index in [1.54, 1.807) is 0 Å². The third-order valence-electron chi connectivity index (χ3n) is 5.17. The lowest BCUT2D eigenvalue weighted by molar-refractivity contribution is 0.0209. The van der Waals surface area contributed by atoms with Gasteiger partial charge in [-0.2, -0.15) is 0 Å². The average molecular weight is 358 g/mol. The summed E-state index contributed by atoms with van der Waals surface area (Å²) in [6.07, 6.45) is 8.54. The normalized spacial score (nSPS) is 20.3. The first-order valence-corrected chi connectivity index (χ1v) is 9.71. The highest BCUT2D eigenvalue weighted by molar-refractivity contribution is 6.00. The number of hydrogen-bond acceptors (Lipinski definition) is 4. The van der Waals surface area contributed by atoms with E-state index in [4.69, 9.17) is 4.74 Å². The molecule has 1 amide bonds. The maximum Gasteiger partial charge on any atom is 0.255 e. The van der Waals surface area contributed by atoms with Crippen molar-refractivity contribution in [2.45, 2.75) is 64.5 Å². The number of carbonyl (C=O) groups is 1. The molecule has 3 rings (SSSR count). The number of carbonyl (C=O) groups excluding carboxylic acids is 1. The fourth-order valence-corrected chi connectivity index (χ4v) is 3.57. The summed E-state index contributed by atoms with van der Waals surface area (Å²) in [7, 11) is 1.84. The van der Waals surface area contributed by atoms with Crippen LogP contribution in [-0.2, 0) is 4.74 Å². The van der Waals surface area contributed by atoms with Gasteiger partial charge in [-0.3, -0.25) is 4.79 Å². The zero-order chi connectivity index (χ0) is 18.5. The van der Waals surface area contributed by atoms with E-state index in [2.05, 4.69) is 22.5 Å². The second-order valence-corrected chi connectivity index (χ2v) is 7.13. The quantitative estimate of drug-likeness (QED) is 0.743. The molecule has 1 aliphatic rings. The van der Waals surface area contributed by atoms with Gasteiger partial charge < -0.3 is 19.8 Å². The lowest BCUT2D eigenvalue weighted by Gasteiger charge is -2.29. The van der Waals surface area contributed by atoms with Crippen LogP contribution in [-0.4, -0.2) is 41.1 Å². The molecule has 0 atom stereocenters. The number of amides is 1. The molecule has 6 heteroatoms. The van der Waals surface area contributed by atoms with E-state index in [1.165, 1.54) is 6.42 Å². The van der Waals surface area contributed by atoms with Gasteiger partial charge in [-0.1, -0.05) is 13.3 Å². The highest BCUT2D eigenvalue weighted by Gasteiger charge is 2.24. The summed E-state index contributed by atoms with van der Waals surface area (Å²) < 4.78 is 7.86. The van der Waals surface area contributed by atoms with E-state index in [0.29, 0.717) is 17.3 Å². The number of unbranched alkanes of at least 4 members (excludes halogenated alkanes) is 1. The molecule has 26 heavy (non-hydrogen) atoms. The molecule has 2 aromatic heterocycles. The van der Waals surface area contributed by atoms with Gasteiger partial charge in [0.1, 0.15) is 5.82 Å². The zero-order valence-corrected chi connectivity index (χ0v) is 16.0. The number of nitrogens with zero attached hydrogens (tertiary/aromatic N) is 2. The minimum absolute atomic E-state index is 0.0389. The van der Waals surface area contributed by atoms with Crippen molar-refractivity contribution in [2.24, 2.45) is 0 Å². The number of rotatable bonds is 7. The first-order chi connectivity index (χ1) is 12.6. The predicted molar refractivity (Wildman–Crippen MR) is 104 cm³/mol. The fraction of sp³-hybridized carbons (Fsp3) is 0.600. The number of hydrogen-bond donors (Lipinski definition) is 2. The molecule has 0 bridgehead atoms. The molecule has 0 aliphatic heterocycles. The monoisotopic (exact) mass is 358 g/mol. The van der Waals surface area contributed by atoms with Crippen LogP contribution in [0.1, 0.15) is 61.5 Å². The standard InChI is InChI=1S/C20H30N4O2/c1-4-5-12-26-16-8-6-15(7-9-16)22-20(25)17-10-11-24-14(2)13-18(21-3)23-19(17)24/h10-11,13,15-16H,4-9,12H2,1-3H3,(H,21,23)(H,22,25)/t15-,16-. The summed E-state index contributed by atoms with van der Waals surface area (Å²) in [4.78, 5) is 17.3. The average Bonchev–Trinajstić information content (AvgIpc) is 3.08. The Morgan fingerprint density at radius 3 is 2.81 bits per heavy atom. The highest BCUT2D eigenvalue weighted by atomic mass is 16.5. The first kappa shape index (κ1) is 18.7. The molecule has 0 spiro atoms. The van der Waals surface area contributed by atoms with E-state index in [1.807, 2.05) is 36.7 Å². The minimum atomic E-state index is -0.0389. The molecule has 2 heterocycles. The number of nitrogens with one attached hydrogen (secondary N) is 2. The SMILES string of the molecule is CCCCO[C@H]1CC[C@H](NC(=O)c2ccn3c(C)cc(NC)nc23)CC1. The number of anilines is 1. The van der Waals surface area contributed by atoms with E-state index in [-0.39, 0.29) is 11.9 Å². The van der Waals surface area contributed by atoms with Crippen LogP contribution in [0.4, 0.5) is 5.82 Å². The summed E-state index contributed by atoms with van der Waals surface area (Å²) in [6, 6.07) is 4.04. The molecule has 1 fully saturated rings. The van der Waals surface area contributed by atoms with Gasteiger partial charge in [-0.05, 0) is 45.1 Å². The van der Waals surface area contributed by atoms with Crippen molar-refractivity contribution in [1.29, 1.82) is 0 Å². The number of aromatic nitrogens is 2. The van der Waals surface area contributed by atoms with Gasteiger partial charge in [0.05, 0.1) is 11.7 Å². The van der Waals surface area contributed by atoms with Gasteiger partial charge >= 0.3 is 0 Å². The summed E-state index contributed by atoms with van der Waals surface area (Å²) in [6.45, 7) is 5.04. The summed E-state index contributed by atoms with van der Waals surface area (Å²) in [5.41, 5.74) is 2.37. The van der Waals surface area contributed by atoms with Crippen molar-refractivity contribution in [1.82, 2.24) is 14.7 Å². The molecular formula is C20H30N4O2. The van der Waals surface area contributed by atoms with E-state index < -0.39 is 0 Å². The minimum Gasteiger partial charge on any atom is -0.378 e.